The van der Waals surface area contributed by atoms with Crippen LogP contribution in [0.3, 0.4) is 0 Å². The molecular weight excluding hydrogens is 242 g/mol. The van der Waals surface area contributed by atoms with E-state index < -0.39 is 0 Å². The summed E-state index contributed by atoms with van der Waals surface area (Å²) in [6.45, 7) is 5.21. The molecule has 2 rings (SSSR count). The normalized spacial score (nSPS) is 22.3. The third-order valence-electron chi connectivity index (χ3n) is 4.18. The summed E-state index contributed by atoms with van der Waals surface area (Å²) in [7, 11) is 0. The summed E-state index contributed by atoms with van der Waals surface area (Å²) in [5.74, 6) is 0.884. The van der Waals surface area contributed by atoms with Gasteiger partial charge in [-0.15, -0.1) is 0 Å². The van der Waals surface area contributed by atoms with Crippen molar-refractivity contribution in [1.29, 1.82) is 0 Å². The topological polar surface area (TPSA) is 61.4 Å². The lowest BCUT2D eigenvalue weighted by Gasteiger charge is -2.33. The maximum Gasteiger partial charge on any atom is 0.222 e. The average molecular weight is 267 g/mol. The maximum atomic E-state index is 12.2. The van der Waals surface area contributed by atoms with E-state index in [1.807, 2.05) is 4.90 Å². The second-order valence-electron chi connectivity index (χ2n) is 5.75. The smallest absolute Gasteiger partial charge is 0.222 e. The highest BCUT2D eigenvalue weighted by Crippen LogP contribution is 2.19. The molecule has 2 N–H and O–H groups in total. The van der Waals surface area contributed by atoms with Gasteiger partial charge in [-0.3, -0.25) is 9.59 Å². The summed E-state index contributed by atoms with van der Waals surface area (Å²) in [4.78, 5) is 25.2. The monoisotopic (exact) mass is 267 g/mol. The molecule has 0 bridgehead atoms. The van der Waals surface area contributed by atoms with Crippen LogP contribution in [0.2, 0.25) is 0 Å². The third kappa shape index (κ3) is 4.49. The molecule has 108 valence electrons. The van der Waals surface area contributed by atoms with Crippen molar-refractivity contribution in [3.63, 3.8) is 0 Å². The van der Waals surface area contributed by atoms with Crippen LogP contribution in [0.25, 0.3) is 0 Å². The summed E-state index contributed by atoms with van der Waals surface area (Å²) in [5, 5.41) is 6.26. The number of carbonyl (C=O) groups excluding carboxylic acids is 2. The van der Waals surface area contributed by atoms with Crippen LogP contribution in [0.4, 0.5) is 0 Å². The molecule has 0 unspecified atom stereocenters. The van der Waals surface area contributed by atoms with E-state index in [2.05, 4.69) is 10.6 Å². The van der Waals surface area contributed by atoms with Gasteiger partial charge < -0.3 is 15.5 Å². The van der Waals surface area contributed by atoms with Crippen LogP contribution < -0.4 is 10.6 Å². The van der Waals surface area contributed by atoms with Crippen molar-refractivity contribution in [2.24, 2.45) is 5.92 Å². The fraction of sp³-hybridized carbons (Fsp3) is 0.857. The number of piperidine rings is 2. The molecule has 5 heteroatoms. The predicted molar refractivity (Wildman–Crippen MR) is 73.6 cm³/mol. The molecule has 2 aliphatic heterocycles. The number of amides is 2. The van der Waals surface area contributed by atoms with E-state index in [1.165, 1.54) is 0 Å². The lowest BCUT2D eigenvalue weighted by atomic mass is 9.93. The highest BCUT2D eigenvalue weighted by atomic mass is 16.2. The van der Waals surface area contributed by atoms with E-state index in [9.17, 15) is 9.59 Å². The van der Waals surface area contributed by atoms with Gasteiger partial charge in [0.05, 0.1) is 0 Å². The first kappa shape index (κ1) is 14.3. The van der Waals surface area contributed by atoms with Crippen molar-refractivity contribution in [3.05, 3.63) is 0 Å². The standard InChI is InChI=1S/C14H25N3O2/c1-11(18)16-13-4-8-17(9-5-13)14(19)10-12-2-6-15-7-3-12/h12-13,15H,2-10H2,1H3,(H,16,18). The molecule has 0 aromatic rings. The predicted octanol–water partition coefficient (Wildman–Crippen LogP) is 0.503. The number of hydrogen-bond donors (Lipinski definition) is 2. The minimum atomic E-state index is 0.0273. The molecule has 5 nitrogen and oxygen atoms in total. The number of hydrogen-bond acceptors (Lipinski definition) is 3. The summed E-state index contributed by atoms with van der Waals surface area (Å²) < 4.78 is 0. The molecule has 0 aromatic heterocycles. The van der Waals surface area contributed by atoms with E-state index in [0.717, 1.165) is 51.9 Å². The molecule has 0 spiro atoms. The van der Waals surface area contributed by atoms with Gasteiger partial charge in [0.15, 0.2) is 0 Å². The van der Waals surface area contributed by atoms with E-state index in [0.29, 0.717) is 18.2 Å². The second-order valence-corrected chi connectivity index (χ2v) is 5.75. The van der Waals surface area contributed by atoms with Crippen LogP contribution in [0.5, 0.6) is 0 Å². The van der Waals surface area contributed by atoms with Gasteiger partial charge in [-0.05, 0) is 44.7 Å². The Balaban J connectivity index is 1.71. The Kier molecular flexibility index (Phi) is 5.19. The molecule has 2 fully saturated rings. The molecule has 2 amide bonds. The van der Waals surface area contributed by atoms with E-state index in [4.69, 9.17) is 0 Å². The summed E-state index contributed by atoms with van der Waals surface area (Å²) in [5.41, 5.74) is 0. The summed E-state index contributed by atoms with van der Waals surface area (Å²) >= 11 is 0. The van der Waals surface area contributed by atoms with Gasteiger partial charge in [-0.25, -0.2) is 0 Å². The SMILES string of the molecule is CC(=O)NC1CCN(C(=O)CC2CCNCC2)CC1. The Labute approximate surface area is 115 Å². The lowest BCUT2D eigenvalue weighted by molar-refractivity contribution is -0.133. The number of nitrogens with one attached hydrogen (secondary N) is 2. The Morgan fingerprint density at radius 3 is 2.37 bits per heavy atom. The van der Waals surface area contributed by atoms with Crippen molar-refractivity contribution < 1.29 is 9.59 Å². The quantitative estimate of drug-likeness (QED) is 0.783. The molecule has 0 radical (unpaired) electrons. The first-order chi connectivity index (χ1) is 9.15. The van der Waals surface area contributed by atoms with Crippen LogP contribution in [0.1, 0.15) is 39.0 Å². The van der Waals surface area contributed by atoms with Gasteiger partial charge in [-0.1, -0.05) is 0 Å². The van der Waals surface area contributed by atoms with E-state index >= 15 is 0 Å². The van der Waals surface area contributed by atoms with Crippen LogP contribution >= 0.6 is 0 Å². The van der Waals surface area contributed by atoms with Gasteiger partial charge in [0, 0.05) is 32.5 Å². The van der Waals surface area contributed by atoms with Crippen molar-refractivity contribution >= 4 is 11.8 Å². The van der Waals surface area contributed by atoms with E-state index in [-0.39, 0.29) is 11.9 Å². The third-order valence-corrected chi connectivity index (χ3v) is 4.18. The molecule has 2 aliphatic rings. The average Bonchev–Trinajstić information content (AvgIpc) is 2.40. The zero-order valence-electron chi connectivity index (χ0n) is 11.8. The lowest BCUT2D eigenvalue weighted by Crippen LogP contribution is -2.46. The Morgan fingerprint density at radius 1 is 1.16 bits per heavy atom. The molecule has 0 saturated carbocycles. The van der Waals surface area contributed by atoms with Gasteiger partial charge in [0.2, 0.25) is 11.8 Å². The van der Waals surface area contributed by atoms with Crippen molar-refractivity contribution in [1.82, 2.24) is 15.5 Å². The Bertz CT molecular complexity index is 319. The van der Waals surface area contributed by atoms with Crippen molar-refractivity contribution in [2.45, 2.75) is 45.1 Å². The van der Waals surface area contributed by atoms with Gasteiger partial charge >= 0.3 is 0 Å². The molecule has 2 heterocycles. The van der Waals surface area contributed by atoms with Crippen LogP contribution in [-0.4, -0.2) is 48.9 Å². The van der Waals surface area contributed by atoms with Crippen LogP contribution in [0, 0.1) is 5.92 Å². The van der Waals surface area contributed by atoms with Gasteiger partial charge in [-0.2, -0.15) is 0 Å². The summed E-state index contributed by atoms with van der Waals surface area (Å²) in [6, 6.07) is 0.250. The first-order valence-corrected chi connectivity index (χ1v) is 7.40. The Hall–Kier alpha value is -1.10. The van der Waals surface area contributed by atoms with Crippen LogP contribution in [0.15, 0.2) is 0 Å². The van der Waals surface area contributed by atoms with Crippen molar-refractivity contribution in [3.8, 4) is 0 Å². The molecule has 0 aromatic carbocycles. The molecule has 19 heavy (non-hydrogen) atoms. The molecule has 0 aliphatic carbocycles. The minimum absolute atomic E-state index is 0.0273. The van der Waals surface area contributed by atoms with Gasteiger partial charge in [0.1, 0.15) is 0 Å². The van der Waals surface area contributed by atoms with Crippen LogP contribution in [-0.2, 0) is 9.59 Å². The fourth-order valence-electron chi connectivity index (χ4n) is 3.02. The highest BCUT2D eigenvalue weighted by molar-refractivity contribution is 5.76. The second kappa shape index (κ2) is 6.89. The molecule has 0 atom stereocenters. The zero-order chi connectivity index (χ0) is 13.7. The Morgan fingerprint density at radius 2 is 1.79 bits per heavy atom. The molecular formula is C14H25N3O2. The number of carbonyl (C=O) groups is 2. The summed E-state index contributed by atoms with van der Waals surface area (Å²) in [6.07, 6.45) is 4.71. The van der Waals surface area contributed by atoms with Crippen molar-refractivity contribution in [2.75, 3.05) is 26.2 Å². The largest absolute Gasteiger partial charge is 0.353 e. The fourth-order valence-corrected chi connectivity index (χ4v) is 3.02. The number of rotatable bonds is 3. The van der Waals surface area contributed by atoms with E-state index in [1.54, 1.807) is 6.92 Å². The highest BCUT2D eigenvalue weighted by Gasteiger charge is 2.25. The zero-order valence-corrected chi connectivity index (χ0v) is 11.8. The first-order valence-electron chi connectivity index (χ1n) is 7.40. The maximum absolute atomic E-state index is 12.2. The number of likely N-dealkylation sites (tertiary alicyclic amines) is 1. The molecule has 2 saturated heterocycles. The number of nitrogens with zero attached hydrogens (tertiary/aromatic N) is 1. The minimum Gasteiger partial charge on any atom is -0.353 e. The van der Waals surface area contributed by atoms with Gasteiger partial charge in [0.25, 0.3) is 0 Å².